The molecule has 0 bridgehead atoms. The van der Waals surface area contributed by atoms with Gasteiger partial charge in [-0.15, -0.1) is 13.2 Å². The summed E-state index contributed by atoms with van der Waals surface area (Å²) in [6.45, 7) is 27.0. The van der Waals surface area contributed by atoms with Gasteiger partial charge in [0.2, 0.25) is 0 Å². The van der Waals surface area contributed by atoms with Crippen LogP contribution in [0.5, 0.6) is 0 Å². The van der Waals surface area contributed by atoms with E-state index in [-0.39, 0.29) is 18.3 Å². The molecular weight excluding hydrogens is 414 g/mol. The average Bonchev–Trinajstić information content (AvgIpc) is 2.70. The molecule has 0 radical (unpaired) electrons. The highest BCUT2D eigenvalue weighted by Gasteiger charge is 2.46. The van der Waals surface area contributed by atoms with Crippen molar-refractivity contribution in [3.63, 3.8) is 0 Å². The Morgan fingerprint density at radius 1 is 1.16 bits per heavy atom. The second-order valence-electron chi connectivity index (χ2n) is 10.7. The minimum absolute atomic E-state index is 0.0813. The number of nitrogens with zero attached hydrogens (tertiary/aromatic N) is 1. The van der Waals surface area contributed by atoms with Crippen LogP contribution in [-0.2, 0) is 13.9 Å². The Bertz CT molecular complexity index is 605. The van der Waals surface area contributed by atoms with Crippen molar-refractivity contribution in [1.29, 1.82) is 5.26 Å². The molecule has 1 heterocycles. The van der Waals surface area contributed by atoms with Crippen molar-refractivity contribution in [3.8, 4) is 6.07 Å². The van der Waals surface area contributed by atoms with Gasteiger partial charge in [0.1, 0.15) is 0 Å². The monoisotopic (exact) mass is 463 g/mol. The highest BCUT2D eigenvalue weighted by molar-refractivity contribution is 6.77. The van der Waals surface area contributed by atoms with E-state index in [1.54, 1.807) is 6.08 Å². The molecule has 0 spiro atoms. The fraction of sp³-hybridized carbons (Fsp3) is 0.815. The predicted octanol–water partition coefficient (Wildman–Crippen LogP) is 7.57. The first-order valence-corrected chi connectivity index (χ1v) is 14.7. The van der Waals surface area contributed by atoms with Gasteiger partial charge in [-0.3, -0.25) is 0 Å². The predicted molar refractivity (Wildman–Crippen MR) is 137 cm³/mol. The molecule has 1 fully saturated rings. The molecule has 0 N–H and O–H groups in total. The molecule has 0 aliphatic carbocycles. The summed E-state index contributed by atoms with van der Waals surface area (Å²) in [5.41, 5.74) is 1.37. The summed E-state index contributed by atoms with van der Waals surface area (Å²) in [5.74, 6) is 0.382. The molecule has 184 valence electrons. The molecule has 1 rings (SSSR count). The highest BCUT2D eigenvalue weighted by Crippen LogP contribution is 2.43. The maximum atomic E-state index is 9.07. The molecule has 0 unspecified atom stereocenters. The standard InChI is InChI=1S/C27H49NO3Si/c1-11-16-27(10)26(30-24(12-2)15-17-28)19-23(9)25(31-27)14-13-18-29-32(20(3)4,21(5)6)22(7)8/h11-12,20-26H,1-2,13-16,18-19H2,3-10H3/t23-,24-,25-,26-,27+/m0/s1. The Kier molecular flexibility index (Phi) is 11.9. The first-order valence-electron chi connectivity index (χ1n) is 12.6. The molecule has 4 nitrogen and oxygen atoms in total. The molecule has 0 aromatic rings. The molecular formula is C27H49NO3Si. The van der Waals surface area contributed by atoms with Crippen LogP contribution in [-0.4, -0.2) is 38.8 Å². The number of rotatable bonds is 14. The van der Waals surface area contributed by atoms with Crippen molar-refractivity contribution < 1.29 is 13.9 Å². The van der Waals surface area contributed by atoms with Crippen LogP contribution in [0.2, 0.25) is 16.6 Å². The molecule has 5 atom stereocenters. The molecule has 32 heavy (non-hydrogen) atoms. The summed E-state index contributed by atoms with van der Waals surface area (Å²) in [5, 5.41) is 9.07. The summed E-state index contributed by atoms with van der Waals surface area (Å²) >= 11 is 0. The summed E-state index contributed by atoms with van der Waals surface area (Å²) in [6.07, 6.45) is 7.40. The smallest absolute Gasteiger partial charge is 0.200 e. The first kappa shape index (κ1) is 29.1. The second kappa shape index (κ2) is 13.1. The Hall–Kier alpha value is -0.933. The van der Waals surface area contributed by atoms with Crippen molar-refractivity contribution >= 4 is 8.32 Å². The van der Waals surface area contributed by atoms with Crippen LogP contribution in [0.3, 0.4) is 0 Å². The quantitative estimate of drug-likeness (QED) is 0.151. The summed E-state index contributed by atoms with van der Waals surface area (Å²) < 4.78 is 19.7. The van der Waals surface area contributed by atoms with Crippen molar-refractivity contribution in [1.82, 2.24) is 0 Å². The van der Waals surface area contributed by atoms with Crippen LogP contribution in [0.25, 0.3) is 0 Å². The molecule has 1 aliphatic rings. The topological polar surface area (TPSA) is 51.5 Å². The fourth-order valence-corrected chi connectivity index (χ4v) is 11.3. The number of hydrogen-bond donors (Lipinski definition) is 0. The van der Waals surface area contributed by atoms with E-state index in [1.807, 2.05) is 6.08 Å². The van der Waals surface area contributed by atoms with Crippen molar-refractivity contribution in [2.75, 3.05) is 6.61 Å². The Morgan fingerprint density at radius 3 is 2.22 bits per heavy atom. The second-order valence-corrected chi connectivity index (χ2v) is 16.2. The average molecular weight is 464 g/mol. The van der Waals surface area contributed by atoms with Crippen molar-refractivity contribution in [3.05, 3.63) is 25.3 Å². The first-order chi connectivity index (χ1) is 15.0. The minimum atomic E-state index is -1.82. The third-order valence-corrected chi connectivity index (χ3v) is 13.6. The molecule has 0 aromatic carbocycles. The van der Waals surface area contributed by atoms with Gasteiger partial charge in [0, 0.05) is 6.61 Å². The Labute approximate surface area is 199 Å². The zero-order valence-corrected chi connectivity index (χ0v) is 23.0. The van der Waals surface area contributed by atoms with Crippen LogP contribution in [0, 0.1) is 17.2 Å². The maximum Gasteiger partial charge on any atom is 0.200 e. The van der Waals surface area contributed by atoms with Crippen LogP contribution in [0.4, 0.5) is 0 Å². The lowest BCUT2D eigenvalue weighted by atomic mass is 9.81. The lowest BCUT2D eigenvalue weighted by molar-refractivity contribution is -0.221. The van der Waals surface area contributed by atoms with Gasteiger partial charge in [-0.05, 0) is 55.1 Å². The molecule has 0 aromatic heterocycles. The van der Waals surface area contributed by atoms with Crippen LogP contribution < -0.4 is 0 Å². The lowest BCUT2D eigenvalue weighted by Gasteiger charge is -2.48. The van der Waals surface area contributed by atoms with E-state index < -0.39 is 13.9 Å². The zero-order chi connectivity index (χ0) is 24.5. The van der Waals surface area contributed by atoms with Gasteiger partial charge in [-0.1, -0.05) is 60.6 Å². The third-order valence-electron chi connectivity index (χ3n) is 7.46. The number of ether oxygens (including phenoxy) is 2. The Morgan fingerprint density at radius 2 is 1.75 bits per heavy atom. The van der Waals surface area contributed by atoms with Gasteiger partial charge in [-0.2, -0.15) is 5.26 Å². The van der Waals surface area contributed by atoms with Gasteiger partial charge in [0.05, 0.1) is 36.4 Å². The Balaban J connectivity index is 2.80. The van der Waals surface area contributed by atoms with E-state index in [4.69, 9.17) is 19.2 Å². The molecule has 5 heteroatoms. The summed E-state index contributed by atoms with van der Waals surface area (Å²) in [7, 11) is -1.82. The van der Waals surface area contributed by atoms with E-state index in [9.17, 15) is 0 Å². The SMILES string of the molecule is C=CC[C@@]1(C)O[C@@H](CCCO[Si](C(C)C)(C(C)C)C(C)C)[C@@H](C)C[C@@H]1O[C@@H](C=C)CC#N. The van der Waals surface area contributed by atoms with E-state index in [2.05, 4.69) is 74.6 Å². The lowest BCUT2D eigenvalue weighted by Crippen LogP contribution is -2.54. The van der Waals surface area contributed by atoms with Crippen molar-refractivity contribution in [2.24, 2.45) is 5.92 Å². The number of nitriles is 1. The van der Waals surface area contributed by atoms with Gasteiger partial charge >= 0.3 is 0 Å². The maximum absolute atomic E-state index is 9.07. The van der Waals surface area contributed by atoms with Gasteiger partial charge < -0.3 is 13.9 Å². The zero-order valence-electron chi connectivity index (χ0n) is 22.0. The van der Waals surface area contributed by atoms with Gasteiger partial charge in [0.25, 0.3) is 0 Å². The normalized spacial score (nSPS) is 27.5. The fourth-order valence-electron chi connectivity index (χ4n) is 5.81. The van der Waals surface area contributed by atoms with E-state index in [1.165, 1.54) is 0 Å². The van der Waals surface area contributed by atoms with Crippen LogP contribution in [0.1, 0.15) is 87.5 Å². The molecule has 0 amide bonds. The van der Waals surface area contributed by atoms with Crippen LogP contribution >= 0.6 is 0 Å². The molecule has 0 saturated carbocycles. The van der Waals surface area contributed by atoms with Gasteiger partial charge in [0.15, 0.2) is 8.32 Å². The molecule has 1 saturated heterocycles. The third kappa shape index (κ3) is 7.03. The number of hydrogen-bond acceptors (Lipinski definition) is 4. The summed E-state index contributed by atoms with van der Waals surface area (Å²) in [6, 6.07) is 2.19. The summed E-state index contributed by atoms with van der Waals surface area (Å²) in [4.78, 5) is 0. The van der Waals surface area contributed by atoms with Crippen molar-refractivity contribution in [2.45, 2.75) is 128 Å². The van der Waals surface area contributed by atoms with Gasteiger partial charge in [-0.25, -0.2) is 0 Å². The van der Waals surface area contributed by atoms with E-state index in [0.717, 1.165) is 32.3 Å². The minimum Gasteiger partial charge on any atom is -0.416 e. The highest BCUT2D eigenvalue weighted by atomic mass is 28.4. The van der Waals surface area contributed by atoms with E-state index in [0.29, 0.717) is 29.0 Å². The van der Waals surface area contributed by atoms with E-state index >= 15 is 0 Å². The largest absolute Gasteiger partial charge is 0.416 e. The van der Waals surface area contributed by atoms with Crippen LogP contribution in [0.15, 0.2) is 25.3 Å². The molecule has 1 aliphatic heterocycles.